The predicted molar refractivity (Wildman–Crippen MR) is 133 cm³/mol. The fourth-order valence-electron chi connectivity index (χ4n) is 4.38. The predicted octanol–water partition coefficient (Wildman–Crippen LogP) is 5.75. The van der Waals surface area contributed by atoms with Gasteiger partial charge in [-0.1, -0.05) is 0 Å². The van der Waals surface area contributed by atoms with Crippen LogP contribution in [0.4, 0.5) is 32.6 Å². The zero-order valence-electron chi connectivity index (χ0n) is 21.5. The van der Waals surface area contributed by atoms with Crippen LogP contribution in [0.5, 0.6) is 11.5 Å². The zero-order chi connectivity index (χ0) is 28.9. The zero-order valence-corrected chi connectivity index (χ0v) is 21.5. The van der Waals surface area contributed by atoms with Crippen LogP contribution in [-0.2, 0) is 4.74 Å². The van der Waals surface area contributed by atoms with Crippen molar-refractivity contribution in [3.05, 3.63) is 59.7 Å². The molecule has 4 aromatic rings. The molecular weight excluding hydrogens is 539 g/mol. The Morgan fingerprint density at radius 3 is 2.38 bits per heavy atom. The van der Waals surface area contributed by atoms with Gasteiger partial charge in [-0.15, -0.1) is 0 Å². The lowest BCUT2D eigenvalue weighted by Gasteiger charge is -2.24. The summed E-state index contributed by atoms with van der Waals surface area (Å²) in [6.45, 7) is 5.94. The molecule has 1 aliphatic heterocycles. The third kappa shape index (κ3) is 4.96. The van der Waals surface area contributed by atoms with Gasteiger partial charge >= 0.3 is 6.09 Å². The minimum atomic E-state index is -1.77. The van der Waals surface area contributed by atoms with E-state index in [9.17, 15) is 22.4 Å². The molecule has 1 aliphatic rings. The van der Waals surface area contributed by atoms with Crippen molar-refractivity contribution in [2.75, 3.05) is 18.8 Å². The highest BCUT2D eigenvalue weighted by Crippen LogP contribution is 2.37. The van der Waals surface area contributed by atoms with Gasteiger partial charge in [0.15, 0.2) is 17.3 Å². The standard InChI is InChI=1S/C26H23F5N6O3/c1-26(2,3)40-25(38)36-7-6-12(10-36)37-24-18(23(32)33-11-34-24)21(35-37)14-5-4-13(8-15(14)27)39-22-19(30)16(28)9-17(29)20(22)31/h4-5,8-9,11-12H,6-7,10H2,1-3H3,(H2,32,33,34). The van der Waals surface area contributed by atoms with Crippen molar-refractivity contribution in [3.8, 4) is 22.8 Å². The van der Waals surface area contributed by atoms with Gasteiger partial charge in [0.2, 0.25) is 17.4 Å². The van der Waals surface area contributed by atoms with E-state index in [2.05, 4.69) is 15.1 Å². The number of hydrogen-bond acceptors (Lipinski definition) is 7. The molecule has 1 amide bonds. The second-order valence-corrected chi connectivity index (χ2v) is 10.2. The summed E-state index contributed by atoms with van der Waals surface area (Å²) in [5.74, 6) is -9.58. The normalized spacial score (nSPS) is 15.6. The average molecular weight is 562 g/mol. The number of hydrogen-bond donors (Lipinski definition) is 1. The summed E-state index contributed by atoms with van der Waals surface area (Å²) in [6.07, 6.45) is 1.26. The Labute approximate surface area is 224 Å². The summed E-state index contributed by atoms with van der Waals surface area (Å²) in [6, 6.07) is 2.83. The first kappa shape index (κ1) is 27.1. The number of likely N-dealkylation sites (tertiary alicyclic amines) is 1. The fourth-order valence-corrected chi connectivity index (χ4v) is 4.38. The number of rotatable bonds is 4. The molecule has 0 saturated carbocycles. The molecule has 1 saturated heterocycles. The largest absolute Gasteiger partial charge is 0.451 e. The highest BCUT2D eigenvalue weighted by molar-refractivity contribution is 5.98. The maximum atomic E-state index is 15.4. The number of benzene rings is 2. The van der Waals surface area contributed by atoms with E-state index >= 15 is 4.39 Å². The Bertz CT molecular complexity index is 1610. The number of amides is 1. The van der Waals surface area contributed by atoms with Gasteiger partial charge in [-0.3, -0.25) is 0 Å². The van der Waals surface area contributed by atoms with E-state index in [1.807, 2.05) is 0 Å². The molecule has 2 aromatic carbocycles. The summed E-state index contributed by atoms with van der Waals surface area (Å²) < 4.78 is 82.4. The van der Waals surface area contributed by atoms with Crippen LogP contribution >= 0.6 is 0 Å². The van der Waals surface area contributed by atoms with E-state index in [0.717, 1.165) is 12.1 Å². The summed E-state index contributed by atoms with van der Waals surface area (Å²) in [4.78, 5) is 22.3. The van der Waals surface area contributed by atoms with Crippen LogP contribution in [0.15, 0.2) is 30.6 Å². The molecule has 210 valence electrons. The quantitative estimate of drug-likeness (QED) is 0.249. The third-order valence-corrected chi connectivity index (χ3v) is 6.17. The molecule has 5 rings (SSSR count). The first-order valence-corrected chi connectivity index (χ1v) is 12.1. The van der Waals surface area contributed by atoms with Gasteiger partial charge in [-0.2, -0.15) is 13.9 Å². The Kier molecular flexibility index (Phi) is 6.72. The Hall–Kier alpha value is -4.49. The lowest BCUT2D eigenvalue weighted by atomic mass is 10.1. The van der Waals surface area contributed by atoms with E-state index in [1.54, 1.807) is 20.8 Å². The first-order chi connectivity index (χ1) is 18.8. The minimum Gasteiger partial charge on any atom is -0.451 e. The van der Waals surface area contributed by atoms with E-state index in [0.29, 0.717) is 18.6 Å². The number of aromatic nitrogens is 4. The monoisotopic (exact) mass is 562 g/mol. The molecular formula is C26H23F5N6O3. The number of halogens is 5. The van der Waals surface area contributed by atoms with Gasteiger partial charge in [0.1, 0.15) is 35.0 Å². The second kappa shape index (κ2) is 9.92. The van der Waals surface area contributed by atoms with Crippen LogP contribution in [-0.4, -0.2) is 49.4 Å². The van der Waals surface area contributed by atoms with Crippen molar-refractivity contribution >= 4 is 22.9 Å². The van der Waals surface area contributed by atoms with Gasteiger partial charge in [0, 0.05) is 30.8 Å². The number of anilines is 1. The second-order valence-electron chi connectivity index (χ2n) is 10.2. The fraction of sp³-hybridized carbons (Fsp3) is 0.308. The van der Waals surface area contributed by atoms with E-state index < -0.39 is 52.3 Å². The number of carbonyl (C=O) groups excluding carboxylic acids is 1. The molecule has 14 heteroatoms. The number of nitrogens with zero attached hydrogens (tertiary/aromatic N) is 5. The minimum absolute atomic E-state index is 0.0207. The van der Waals surface area contributed by atoms with Gasteiger partial charge in [-0.25, -0.2) is 32.6 Å². The van der Waals surface area contributed by atoms with E-state index in [4.69, 9.17) is 15.2 Å². The highest BCUT2D eigenvalue weighted by atomic mass is 19.2. The van der Waals surface area contributed by atoms with Crippen LogP contribution < -0.4 is 10.5 Å². The van der Waals surface area contributed by atoms with E-state index in [-0.39, 0.29) is 41.1 Å². The molecule has 0 aliphatic carbocycles. The van der Waals surface area contributed by atoms with Crippen LogP contribution in [0.3, 0.4) is 0 Å². The van der Waals surface area contributed by atoms with Crippen molar-refractivity contribution in [1.82, 2.24) is 24.6 Å². The maximum absolute atomic E-state index is 15.4. The number of fused-ring (bicyclic) bond motifs is 1. The Balaban J connectivity index is 1.49. The SMILES string of the molecule is CC(C)(C)OC(=O)N1CCC(n2nc(-c3ccc(Oc4c(F)c(F)cc(F)c4F)cc3F)c3c(N)ncnc32)C1. The van der Waals surface area contributed by atoms with Crippen molar-refractivity contribution in [3.63, 3.8) is 0 Å². The molecule has 2 N–H and O–H groups in total. The topological polar surface area (TPSA) is 108 Å². The average Bonchev–Trinajstić information content (AvgIpc) is 3.51. The van der Waals surface area contributed by atoms with Gasteiger partial charge in [-0.05, 0) is 39.3 Å². The molecule has 0 spiro atoms. The molecule has 9 nitrogen and oxygen atoms in total. The maximum Gasteiger partial charge on any atom is 0.410 e. The van der Waals surface area contributed by atoms with Crippen molar-refractivity contribution in [1.29, 1.82) is 0 Å². The molecule has 3 heterocycles. The smallest absolute Gasteiger partial charge is 0.410 e. The summed E-state index contributed by atoms with van der Waals surface area (Å²) in [5, 5.41) is 4.80. The van der Waals surface area contributed by atoms with Crippen molar-refractivity contribution < 1.29 is 36.2 Å². The Morgan fingerprint density at radius 1 is 1.02 bits per heavy atom. The molecule has 0 radical (unpaired) electrons. The summed E-state index contributed by atoms with van der Waals surface area (Å²) in [7, 11) is 0. The molecule has 40 heavy (non-hydrogen) atoms. The van der Waals surface area contributed by atoms with Gasteiger partial charge < -0.3 is 20.1 Å². The van der Waals surface area contributed by atoms with Crippen LogP contribution in [0.1, 0.15) is 33.2 Å². The molecule has 1 atom stereocenters. The molecule has 0 bridgehead atoms. The number of nitrogen functional groups attached to an aromatic ring is 1. The number of carbonyl (C=O) groups is 1. The van der Waals surface area contributed by atoms with Gasteiger partial charge in [0.05, 0.1) is 11.4 Å². The highest BCUT2D eigenvalue weighted by Gasteiger charge is 2.33. The molecule has 1 fully saturated rings. The van der Waals surface area contributed by atoms with E-state index in [1.165, 1.54) is 22.0 Å². The molecule has 2 aromatic heterocycles. The van der Waals surface area contributed by atoms with Gasteiger partial charge in [0.25, 0.3) is 0 Å². The Morgan fingerprint density at radius 2 is 1.73 bits per heavy atom. The number of ether oxygens (including phenoxy) is 2. The number of nitrogens with two attached hydrogens (primary N) is 1. The molecule has 1 unspecified atom stereocenters. The van der Waals surface area contributed by atoms with Crippen molar-refractivity contribution in [2.24, 2.45) is 0 Å². The summed E-state index contributed by atoms with van der Waals surface area (Å²) in [5.41, 5.74) is 5.73. The van der Waals surface area contributed by atoms with Crippen molar-refractivity contribution in [2.45, 2.75) is 38.8 Å². The van der Waals surface area contributed by atoms with Crippen LogP contribution in [0, 0.1) is 29.1 Å². The van der Waals surface area contributed by atoms with Crippen LogP contribution in [0.2, 0.25) is 0 Å². The lowest BCUT2D eigenvalue weighted by Crippen LogP contribution is -2.35. The first-order valence-electron chi connectivity index (χ1n) is 12.1. The summed E-state index contributed by atoms with van der Waals surface area (Å²) >= 11 is 0. The van der Waals surface area contributed by atoms with Crippen LogP contribution in [0.25, 0.3) is 22.3 Å². The third-order valence-electron chi connectivity index (χ3n) is 6.17. The lowest BCUT2D eigenvalue weighted by molar-refractivity contribution is 0.0288.